The van der Waals surface area contributed by atoms with Crippen molar-refractivity contribution in [1.29, 1.82) is 0 Å². The molecule has 0 aliphatic heterocycles. The average molecular weight is 297 g/mol. The number of halogens is 1. The van der Waals surface area contributed by atoms with E-state index in [1.165, 1.54) is 5.56 Å². The normalized spacial score (nSPS) is 10.6. The van der Waals surface area contributed by atoms with Crippen LogP contribution in [0.15, 0.2) is 24.4 Å². The van der Waals surface area contributed by atoms with Gasteiger partial charge in [0, 0.05) is 30.1 Å². The summed E-state index contributed by atoms with van der Waals surface area (Å²) in [5.74, 6) is 0.451. The van der Waals surface area contributed by atoms with Gasteiger partial charge in [0.1, 0.15) is 5.75 Å². The maximum Gasteiger partial charge on any atom is 0.310 e. The topological polar surface area (TPSA) is 45.3 Å². The quantitative estimate of drug-likeness (QED) is 0.681. The Morgan fingerprint density at radius 2 is 2.10 bits per heavy atom. The number of nitrogens with zero attached hydrogens (tertiary/aromatic N) is 1. The zero-order valence-electron chi connectivity index (χ0n) is 12.1. The molecule has 1 aromatic carbocycles. The van der Waals surface area contributed by atoms with Gasteiger partial charge in [-0.3, -0.25) is 4.79 Å². The third-order valence-electron chi connectivity index (χ3n) is 3.09. The van der Waals surface area contributed by atoms with Crippen molar-refractivity contribution >= 4 is 29.3 Å². The van der Waals surface area contributed by atoms with Crippen molar-refractivity contribution < 1.29 is 9.53 Å². The van der Waals surface area contributed by atoms with Crippen LogP contribution in [0.5, 0.6) is 5.75 Å². The van der Waals surface area contributed by atoms with Crippen molar-refractivity contribution in [3.63, 3.8) is 0 Å². The molecule has 0 aliphatic rings. The molecule has 2 rings (SSSR count). The molecule has 0 radical (unpaired) electrons. The molecule has 0 aliphatic carbocycles. The van der Waals surface area contributed by atoms with Crippen LogP contribution in [0.3, 0.4) is 0 Å². The van der Waals surface area contributed by atoms with Gasteiger partial charge >= 0.3 is 5.97 Å². The summed E-state index contributed by atoms with van der Waals surface area (Å²) in [5, 5.41) is 1.02. The van der Waals surface area contributed by atoms with Crippen molar-refractivity contribution in [3.05, 3.63) is 30.0 Å². The lowest BCUT2D eigenvalue weighted by atomic mass is 10.1. The van der Waals surface area contributed by atoms with E-state index in [9.17, 15) is 4.79 Å². The van der Waals surface area contributed by atoms with E-state index in [0.717, 1.165) is 23.9 Å². The minimum absolute atomic E-state index is 0. The van der Waals surface area contributed by atoms with Gasteiger partial charge in [-0.15, -0.1) is 12.4 Å². The van der Waals surface area contributed by atoms with Gasteiger partial charge in [-0.1, -0.05) is 13.0 Å². The van der Waals surface area contributed by atoms with Gasteiger partial charge < -0.3 is 14.6 Å². The monoisotopic (exact) mass is 296 g/mol. The molecule has 5 heteroatoms. The van der Waals surface area contributed by atoms with E-state index in [1.807, 2.05) is 38.5 Å². The number of fused-ring (bicyclic) bond motifs is 1. The van der Waals surface area contributed by atoms with Crippen LogP contribution in [0, 0.1) is 0 Å². The summed E-state index contributed by atoms with van der Waals surface area (Å²) in [6, 6.07) is 5.74. The summed E-state index contributed by atoms with van der Waals surface area (Å²) in [6.45, 7) is 2.76. The lowest BCUT2D eigenvalue weighted by Gasteiger charge is -2.10. The number of benzene rings is 1. The zero-order valence-corrected chi connectivity index (χ0v) is 12.9. The summed E-state index contributed by atoms with van der Waals surface area (Å²) in [6.07, 6.45) is 3.30. The predicted octanol–water partition coefficient (Wildman–Crippen LogP) is 3.01. The molecule has 0 spiro atoms. The standard InChI is InChI=1S/C15H20N2O2.ClH/c1-4-14(18)19-13-7-5-6-12-15(13)11(10-16-12)8-9-17(2)3;/h5-7,10,16H,4,8-9H2,1-3H3;1H. The maximum absolute atomic E-state index is 11.5. The van der Waals surface area contributed by atoms with E-state index in [0.29, 0.717) is 12.2 Å². The highest BCUT2D eigenvalue weighted by molar-refractivity contribution is 5.91. The molecule has 1 N–H and O–H groups in total. The first-order valence-electron chi connectivity index (χ1n) is 6.56. The fourth-order valence-electron chi connectivity index (χ4n) is 2.04. The van der Waals surface area contributed by atoms with Crippen LogP contribution in [-0.2, 0) is 11.2 Å². The number of rotatable bonds is 5. The molecule has 0 saturated carbocycles. The number of carbonyl (C=O) groups excluding carboxylic acids is 1. The number of H-pyrrole nitrogens is 1. The van der Waals surface area contributed by atoms with E-state index < -0.39 is 0 Å². The van der Waals surface area contributed by atoms with E-state index >= 15 is 0 Å². The lowest BCUT2D eigenvalue weighted by molar-refractivity contribution is -0.133. The van der Waals surface area contributed by atoms with Crippen LogP contribution < -0.4 is 4.74 Å². The first kappa shape index (κ1) is 16.5. The Balaban J connectivity index is 0.00000200. The smallest absolute Gasteiger partial charge is 0.310 e. The second kappa shape index (κ2) is 7.31. The number of ether oxygens (including phenoxy) is 1. The van der Waals surface area contributed by atoms with E-state index in [-0.39, 0.29) is 18.4 Å². The zero-order chi connectivity index (χ0) is 13.8. The van der Waals surface area contributed by atoms with Crippen molar-refractivity contribution in [1.82, 2.24) is 9.88 Å². The number of carbonyl (C=O) groups is 1. The molecule has 0 saturated heterocycles. The Morgan fingerprint density at radius 1 is 1.35 bits per heavy atom. The third kappa shape index (κ3) is 3.74. The fraction of sp³-hybridized carbons (Fsp3) is 0.400. The highest BCUT2D eigenvalue weighted by Gasteiger charge is 2.12. The SMILES string of the molecule is CCC(=O)Oc1cccc2[nH]cc(CCN(C)C)c12.Cl. The fourth-order valence-corrected chi connectivity index (χ4v) is 2.04. The number of hydrogen-bond donors (Lipinski definition) is 1. The highest BCUT2D eigenvalue weighted by Crippen LogP contribution is 2.29. The molecular weight excluding hydrogens is 276 g/mol. The largest absolute Gasteiger partial charge is 0.426 e. The number of esters is 1. The van der Waals surface area contributed by atoms with E-state index in [4.69, 9.17) is 4.74 Å². The molecule has 110 valence electrons. The van der Waals surface area contributed by atoms with Crippen LogP contribution in [0.1, 0.15) is 18.9 Å². The number of likely N-dealkylation sites (N-methyl/N-ethyl adjacent to an activating group) is 1. The molecule has 0 unspecified atom stereocenters. The van der Waals surface area contributed by atoms with Crippen LogP contribution in [0.25, 0.3) is 10.9 Å². The maximum atomic E-state index is 11.5. The Bertz CT molecular complexity index is 578. The lowest BCUT2D eigenvalue weighted by Crippen LogP contribution is -2.15. The molecule has 4 nitrogen and oxygen atoms in total. The number of aromatic nitrogens is 1. The first-order chi connectivity index (χ1) is 9.11. The van der Waals surface area contributed by atoms with Crippen molar-refractivity contribution in [2.75, 3.05) is 20.6 Å². The second-order valence-electron chi connectivity index (χ2n) is 4.87. The highest BCUT2D eigenvalue weighted by atomic mass is 35.5. The molecule has 0 fully saturated rings. The minimum atomic E-state index is -0.202. The average Bonchev–Trinajstić information content (AvgIpc) is 2.80. The molecular formula is C15H21ClN2O2. The molecule has 20 heavy (non-hydrogen) atoms. The summed E-state index contributed by atoms with van der Waals surface area (Å²) in [7, 11) is 4.10. The van der Waals surface area contributed by atoms with Crippen LogP contribution in [-0.4, -0.2) is 36.5 Å². The molecule has 0 bridgehead atoms. The Hall–Kier alpha value is -1.52. The van der Waals surface area contributed by atoms with Crippen LogP contribution in [0.2, 0.25) is 0 Å². The van der Waals surface area contributed by atoms with Gasteiger partial charge in [-0.05, 0) is 38.2 Å². The van der Waals surface area contributed by atoms with Gasteiger partial charge in [-0.25, -0.2) is 0 Å². The third-order valence-corrected chi connectivity index (χ3v) is 3.09. The first-order valence-corrected chi connectivity index (χ1v) is 6.56. The summed E-state index contributed by atoms with van der Waals surface area (Å²) in [4.78, 5) is 16.9. The van der Waals surface area contributed by atoms with Gasteiger partial charge in [0.25, 0.3) is 0 Å². The van der Waals surface area contributed by atoms with Crippen LogP contribution >= 0.6 is 12.4 Å². The summed E-state index contributed by atoms with van der Waals surface area (Å²) >= 11 is 0. The van der Waals surface area contributed by atoms with Gasteiger partial charge in [-0.2, -0.15) is 0 Å². The number of aromatic amines is 1. The Morgan fingerprint density at radius 3 is 2.75 bits per heavy atom. The van der Waals surface area contributed by atoms with Crippen molar-refractivity contribution in [3.8, 4) is 5.75 Å². The van der Waals surface area contributed by atoms with Gasteiger partial charge in [0.2, 0.25) is 0 Å². The molecule has 0 atom stereocenters. The number of hydrogen-bond acceptors (Lipinski definition) is 3. The number of nitrogens with one attached hydrogen (secondary N) is 1. The predicted molar refractivity (Wildman–Crippen MR) is 83.7 cm³/mol. The molecule has 1 heterocycles. The molecule has 2 aromatic rings. The summed E-state index contributed by atoms with van der Waals surface area (Å²) in [5.41, 5.74) is 2.19. The molecule has 1 aromatic heterocycles. The van der Waals surface area contributed by atoms with Gasteiger partial charge in [0.15, 0.2) is 0 Å². The van der Waals surface area contributed by atoms with Gasteiger partial charge in [0.05, 0.1) is 0 Å². The molecule has 0 amide bonds. The Kier molecular flexibility index (Phi) is 6.05. The Labute approximate surface area is 125 Å². The van der Waals surface area contributed by atoms with Crippen molar-refractivity contribution in [2.24, 2.45) is 0 Å². The second-order valence-corrected chi connectivity index (χ2v) is 4.87. The van der Waals surface area contributed by atoms with E-state index in [2.05, 4.69) is 9.88 Å². The van der Waals surface area contributed by atoms with Crippen molar-refractivity contribution in [2.45, 2.75) is 19.8 Å². The minimum Gasteiger partial charge on any atom is -0.426 e. The van der Waals surface area contributed by atoms with E-state index in [1.54, 1.807) is 6.92 Å². The van der Waals surface area contributed by atoms with Crippen LogP contribution in [0.4, 0.5) is 0 Å². The summed E-state index contributed by atoms with van der Waals surface area (Å²) < 4.78 is 5.41.